The molecule has 1 aliphatic heterocycles. The molecule has 1 fully saturated rings. The van der Waals surface area contributed by atoms with Crippen molar-refractivity contribution in [2.75, 3.05) is 6.54 Å². The van der Waals surface area contributed by atoms with E-state index >= 15 is 0 Å². The van der Waals surface area contributed by atoms with E-state index in [-0.39, 0.29) is 18.5 Å². The maximum atomic E-state index is 12.4. The standard InChI is InChI=1S/C21H25N3O5/c1-13-16-10-6-7-11-17(16)20(27)24(13)12-18(25)29-14(2)19(26)23-21(28)22-15-8-4-3-5-9-15/h6-7,10-11,14-15H,1,3-5,8-9,12H2,2H3,(H2,22,23,26,28). The van der Waals surface area contributed by atoms with E-state index in [1.165, 1.54) is 11.8 Å². The van der Waals surface area contributed by atoms with E-state index in [9.17, 15) is 19.2 Å². The Hall–Kier alpha value is -3.16. The molecule has 0 radical (unpaired) electrons. The van der Waals surface area contributed by atoms with Gasteiger partial charge >= 0.3 is 12.0 Å². The molecule has 3 rings (SSSR count). The maximum absolute atomic E-state index is 12.4. The second kappa shape index (κ2) is 8.89. The second-order valence-electron chi connectivity index (χ2n) is 7.31. The average molecular weight is 399 g/mol. The Morgan fingerprint density at radius 2 is 1.83 bits per heavy atom. The van der Waals surface area contributed by atoms with Gasteiger partial charge in [0.2, 0.25) is 0 Å². The van der Waals surface area contributed by atoms with Crippen molar-refractivity contribution in [1.29, 1.82) is 0 Å². The number of esters is 1. The summed E-state index contributed by atoms with van der Waals surface area (Å²) < 4.78 is 5.09. The van der Waals surface area contributed by atoms with Crippen LogP contribution < -0.4 is 10.6 Å². The normalized spacial score (nSPS) is 17.5. The molecular weight excluding hydrogens is 374 g/mol. The molecule has 0 spiro atoms. The Morgan fingerprint density at radius 3 is 2.48 bits per heavy atom. The fraction of sp³-hybridized carbons (Fsp3) is 0.429. The summed E-state index contributed by atoms with van der Waals surface area (Å²) in [7, 11) is 0. The number of carbonyl (C=O) groups is 4. The molecule has 1 saturated carbocycles. The minimum atomic E-state index is -1.17. The lowest BCUT2D eigenvalue weighted by Gasteiger charge is -2.23. The van der Waals surface area contributed by atoms with Crippen LogP contribution in [0.4, 0.5) is 4.79 Å². The van der Waals surface area contributed by atoms with Gasteiger partial charge in [-0.25, -0.2) is 4.79 Å². The molecule has 29 heavy (non-hydrogen) atoms. The van der Waals surface area contributed by atoms with Crippen molar-refractivity contribution >= 4 is 29.5 Å². The van der Waals surface area contributed by atoms with Gasteiger partial charge in [-0.3, -0.25) is 24.6 Å². The first kappa shape index (κ1) is 20.6. The number of fused-ring (bicyclic) bond motifs is 1. The number of nitrogens with one attached hydrogen (secondary N) is 2. The Morgan fingerprint density at radius 1 is 1.17 bits per heavy atom. The number of hydrogen-bond acceptors (Lipinski definition) is 5. The van der Waals surface area contributed by atoms with Crippen molar-refractivity contribution in [3.63, 3.8) is 0 Å². The molecule has 0 saturated heterocycles. The molecule has 1 aliphatic carbocycles. The van der Waals surface area contributed by atoms with Crippen LogP contribution in [0.25, 0.3) is 5.70 Å². The number of nitrogens with zero attached hydrogens (tertiary/aromatic N) is 1. The maximum Gasteiger partial charge on any atom is 0.326 e. The monoisotopic (exact) mass is 399 g/mol. The van der Waals surface area contributed by atoms with Crippen molar-refractivity contribution in [3.8, 4) is 0 Å². The van der Waals surface area contributed by atoms with Crippen molar-refractivity contribution < 1.29 is 23.9 Å². The summed E-state index contributed by atoms with van der Waals surface area (Å²) in [5.74, 6) is -1.82. The topological polar surface area (TPSA) is 105 Å². The van der Waals surface area contributed by atoms with E-state index in [2.05, 4.69) is 17.2 Å². The molecule has 8 nitrogen and oxygen atoms in total. The number of ether oxygens (including phenoxy) is 1. The zero-order valence-electron chi connectivity index (χ0n) is 16.4. The first-order valence-electron chi connectivity index (χ1n) is 9.78. The molecule has 2 N–H and O–H groups in total. The molecule has 2 aliphatic rings. The molecule has 1 aromatic rings. The van der Waals surface area contributed by atoms with Crippen LogP contribution in [0.3, 0.4) is 0 Å². The van der Waals surface area contributed by atoms with Crippen LogP contribution in [0.15, 0.2) is 30.8 Å². The summed E-state index contributed by atoms with van der Waals surface area (Å²) in [4.78, 5) is 49.9. The third-order valence-electron chi connectivity index (χ3n) is 5.18. The predicted molar refractivity (Wildman–Crippen MR) is 106 cm³/mol. The summed E-state index contributed by atoms with van der Waals surface area (Å²) in [6, 6.07) is 6.39. The number of rotatable bonds is 5. The summed E-state index contributed by atoms with van der Waals surface area (Å²) in [6.07, 6.45) is 3.87. The average Bonchev–Trinajstić information content (AvgIpc) is 2.93. The highest BCUT2D eigenvalue weighted by Crippen LogP contribution is 2.30. The molecule has 1 atom stereocenters. The molecule has 154 valence electrons. The van der Waals surface area contributed by atoms with Crippen molar-refractivity contribution in [2.24, 2.45) is 0 Å². The minimum Gasteiger partial charge on any atom is -0.451 e. The molecule has 1 unspecified atom stereocenters. The highest BCUT2D eigenvalue weighted by Gasteiger charge is 2.33. The van der Waals surface area contributed by atoms with Gasteiger partial charge in [0.15, 0.2) is 6.10 Å². The fourth-order valence-corrected chi connectivity index (χ4v) is 3.60. The first-order chi connectivity index (χ1) is 13.9. The summed E-state index contributed by atoms with van der Waals surface area (Å²) >= 11 is 0. The van der Waals surface area contributed by atoms with Crippen LogP contribution in [0.1, 0.15) is 54.9 Å². The van der Waals surface area contributed by atoms with Crippen molar-refractivity contribution in [3.05, 3.63) is 42.0 Å². The van der Waals surface area contributed by atoms with E-state index in [0.717, 1.165) is 32.1 Å². The number of benzene rings is 1. The van der Waals surface area contributed by atoms with Crippen LogP contribution in [-0.2, 0) is 14.3 Å². The molecule has 1 heterocycles. The molecule has 8 heteroatoms. The largest absolute Gasteiger partial charge is 0.451 e. The third kappa shape index (κ3) is 4.82. The molecule has 4 amide bonds. The minimum absolute atomic E-state index is 0.0585. The number of carbonyl (C=O) groups excluding carboxylic acids is 4. The summed E-state index contributed by atoms with van der Waals surface area (Å²) in [5.41, 5.74) is 1.54. The van der Waals surface area contributed by atoms with Crippen LogP contribution in [0.2, 0.25) is 0 Å². The lowest BCUT2D eigenvalue weighted by atomic mass is 9.96. The quantitative estimate of drug-likeness (QED) is 0.739. The molecule has 0 aromatic heterocycles. The predicted octanol–water partition coefficient (Wildman–Crippen LogP) is 2.20. The van der Waals surface area contributed by atoms with E-state index in [0.29, 0.717) is 16.8 Å². The number of amides is 4. The number of urea groups is 1. The lowest BCUT2D eigenvalue weighted by Crippen LogP contribution is -2.48. The fourth-order valence-electron chi connectivity index (χ4n) is 3.60. The molecule has 0 bridgehead atoms. The summed E-state index contributed by atoms with van der Waals surface area (Å²) in [6.45, 7) is 4.86. The van der Waals surface area contributed by atoms with E-state index in [1.807, 2.05) is 0 Å². The van der Waals surface area contributed by atoms with Gasteiger partial charge in [-0.15, -0.1) is 0 Å². The van der Waals surface area contributed by atoms with Crippen LogP contribution in [0.5, 0.6) is 0 Å². The van der Waals surface area contributed by atoms with E-state index in [4.69, 9.17) is 4.74 Å². The van der Waals surface area contributed by atoms with Crippen LogP contribution in [0, 0.1) is 0 Å². The second-order valence-corrected chi connectivity index (χ2v) is 7.31. The Bertz CT molecular complexity index is 809. The van der Waals surface area contributed by atoms with Gasteiger partial charge < -0.3 is 10.1 Å². The zero-order valence-corrected chi connectivity index (χ0v) is 16.4. The zero-order chi connectivity index (χ0) is 21.0. The van der Waals surface area contributed by atoms with Gasteiger partial charge in [-0.1, -0.05) is 44.0 Å². The van der Waals surface area contributed by atoms with Crippen molar-refractivity contribution in [1.82, 2.24) is 15.5 Å². The smallest absolute Gasteiger partial charge is 0.326 e. The first-order valence-corrected chi connectivity index (χ1v) is 9.78. The van der Waals surface area contributed by atoms with Gasteiger partial charge in [0.05, 0.1) is 0 Å². The van der Waals surface area contributed by atoms with Gasteiger partial charge in [0.1, 0.15) is 6.54 Å². The van der Waals surface area contributed by atoms with Gasteiger partial charge in [0.25, 0.3) is 11.8 Å². The van der Waals surface area contributed by atoms with E-state index in [1.54, 1.807) is 24.3 Å². The Labute approximate surface area is 169 Å². The van der Waals surface area contributed by atoms with E-state index < -0.39 is 24.0 Å². The Balaban J connectivity index is 1.47. The molecular formula is C21H25N3O5. The highest BCUT2D eigenvalue weighted by molar-refractivity contribution is 6.10. The van der Waals surface area contributed by atoms with Gasteiger partial charge in [0, 0.05) is 22.9 Å². The Kier molecular flexibility index (Phi) is 6.31. The molecule has 1 aromatic carbocycles. The number of hydrogen-bond donors (Lipinski definition) is 2. The summed E-state index contributed by atoms with van der Waals surface area (Å²) in [5, 5.41) is 4.96. The lowest BCUT2D eigenvalue weighted by molar-refractivity contribution is -0.154. The van der Waals surface area contributed by atoms with Crippen LogP contribution >= 0.6 is 0 Å². The highest BCUT2D eigenvalue weighted by atomic mass is 16.5. The third-order valence-corrected chi connectivity index (χ3v) is 5.18. The van der Waals surface area contributed by atoms with Crippen molar-refractivity contribution in [2.45, 2.75) is 51.2 Å². The van der Waals surface area contributed by atoms with Crippen LogP contribution in [-0.4, -0.2) is 47.4 Å². The SMILES string of the molecule is C=C1c2ccccc2C(=O)N1CC(=O)OC(C)C(=O)NC(=O)NC1CCCCC1. The number of imide groups is 1. The van der Waals surface area contributed by atoms with Gasteiger partial charge in [-0.2, -0.15) is 0 Å². The van der Waals surface area contributed by atoms with Gasteiger partial charge in [-0.05, 0) is 25.8 Å².